The summed E-state index contributed by atoms with van der Waals surface area (Å²) in [5.41, 5.74) is 0.616. The highest BCUT2D eigenvalue weighted by molar-refractivity contribution is 6.04. The zero-order valence-corrected chi connectivity index (χ0v) is 8.64. The van der Waals surface area contributed by atoms with Gasteiger partial charge in [-0.2, -0.15) is 0 Å². The molecule has 0 aliphatic carbocycles. The van der Waals surface area contributed by atoms with Crippen molar-refractivity contribution in [3.8, 4) is 5.75 Å². The Morgan fingerprint density at radius 2 is 2.07 bits per heavy atom. The summed E-state index contributed by atoms with van der Waals surface area (Å²) in [4.78, 5) is 11.5. The van der Waals surface area contributed by atoms with Crippen LogP contribution in [0.2, 0.25) is 0 Å². The molecule has 0 aliphatic rings. The van der Waals surface area contributed by atoms with Crippen molar-refractivity contribution in [1.82, 2.24) is 0 Å². The lowest BCUT2D eigenvalue weighted by Crippen LogP contribution is -1.94. The van der Waals surface area contributed by atoms with Crippen LogP contribution in [0, 0.1) is 0 Å². The van der Waals surface area contributed by atoms with E-state index in [0.717, 1.165) is 5.75 Å². The van der Waals surface area contributed by atoms with Crippen LogP contribution < -0.4 is 4.74 Å². The van der Waals surface area contributed by atoms with Gasteiger partial charge in [0.05, 0.1) is 7.11 Å². The van der Waals surface area contributed by atoms with Crippen molar-refractivity contribution >= 4 is 5.78 Å². The molecule has 0 saturated heterocycles. The molecule has 1 N–H and O–H groups in total. The van der Waals surface area contributed by atoms with E-state index in [0.29, 0.717) is 12.0 Å². The molecular formula is C12H14O3. The summed E-state index contributed by atoms with van der Waals surface area (Å²) in [6.07, 6.45) is 3.63. The third kappa shape index (κ3) is 3.56. The molecular weight excluding hydrogens is 192 g/mol. The van der Waals surface area contributed by atoms with E-state index in [4.69, 9.17) is 9.84 Å². The number of carbonyl (C=O) groups excluding carboxylic acids is 1. The van der Waals surface area contributed by atoms with Crippen LogP contribution in [-0.4, -0.2) is 24.6 Å². The lowest BCUT2D eigenvalue weighted by Gasteiger charge is -1.99. The molecule has 0 amide bonds. The molecule has 3 heteroatoms. The third-order valence-electron chi connectivity index (χ3n) is 1.94. The molecule has 80 valence electrons. The first-order chi connectivity index (χ1) is 7.27. The first kappa shape index (κ1) is 11.5. The minimum absolute atomic E-state index is 0.0619. The zero-order valence-electron chi connectivity index (χ0n) is 8.64. The molecule has 0 saturated carbocycles. The van der Waals surface area contributed by atoms with Crippen LogP contribution in [0.3, 0.4) is 0 Å². The molecule has 0 radical (unpaired) electrons. The molecule has 0 aliphatic heterocycles. The number of aliphatic hydroxyl groups is 1. The first-order valence-electron chi connectivity index (χ1n) is 4.73. The first-order valence-corrected chi connectivity index (χ1v) is 4.73. The van der Waals surface area contributed by atoms with Gasteiger partial charge in [0.1, 0.15) is 5.75 Å². The second kappa shape index (κ2) is 5.98. The molecule has 1 aromatic rings. The Labute approximate surface area is 89.0 Å². The van der Waals surface area contributed by atoms with Gasteiger partial charge in [0, 0.05) is 12.2 Å². The number of ketones is 1. The fourth-order valence-electron chi connectivity index (χ4n) is 1.12. The zero-order chi connectivity index (χ0) is 11.1. The molecule has 0 aromatic heterocycles. The van der Waals surface area contributed by atoms with Crippen molar-refractivity contribution in [3.05, 3.63) is 42.0 Å². The average molecular weight is 206 g/mol. The molecule has 1 rings (SSSR count). The molecule has 0 bridgehead atoms. The summed E-state index contributed by atoms with van der Waals surface area (Å²) < 4.78 is 4.99. The van der Waals surface area contributed by atoms with Gasteiger partial charge in [-0.05, 0) is 36.8 Å². The van der Waals surface area contributed by atoms with E-state index in [-0.39, 0.29) is 12.4 Å². The number of methoxy groups -OCH3 is 1. The van der Waals surface area contributed by atoms with Crippen LogP contribution in [0.5, 0.6) is 5.75 Å². The molecule has 0 spiro atoms. The van der Waals surface area contributed by atoms with Crippen LogP contribution in [0.1, 0.15) is 16.8 Å². The van der Waals surface area contributed by atoms with E-state index in [2.05, 4.69) is 0 Å². The van der Waals surface area contributed by atoms with E-state index in [1.165, 1.54) is 6.08 Å². The smallest absolute Gasteiger partial charge is 0.185 e. The lowest BCUT2D eigenvalue weighted by molar-refractivity contribution is 0.104. The van der Waals surface area contributed by atoms with Gasteiger partial charge < -0.3 is 9.84 Å². The van der Waals surface area contributed by atoms with E-state index in [1.54, 1.807) is 37.5 Å². The molecule has 15 heavy (non-hydrogen) atoms. The second-order valence-corrected chi connectivity index (χ2v) is 3.01. The highest BCUT2D eigenvalue weighted by Gasteiger charge is 2.00. The topological polar surface area (TPSA) is 46.5 Å². The highest BCUT2D eigenvalue weighted by atomic mass is 16.5. The number of rotatable bonds is 5. The Morgan fingerprint density at radius 1 is 1.40 bits per heavy atom. The Morgan fingerprint density at radius 3 is 2.60 bits per heavy atom. The van der Waals surface area contributed by atoms with E-state index < -0.39 is 0 Å². The van der Waals surface area contributed by atoms with Gasteiger partial charge in [0.15, 0.2) is 5.78 Å². The van der Waals surface area contributed by atoms with Gasteiger partial charge in [0.2, 0.25) is 0 Å². The van der Waals surface area contributed by atoms with Crippen LogP contribution in [0.15, 0.2) is 36.4 Å². The number of benzene rings is 1. The van der Waals surface area contributed by atoms with Crippen molar-refractivity contribution in [2.24, 2.45) is 0 Å². The SMILES string of the molecule is COc1ccc(C(=O)/C=C/CCO)cc1. The minimum Gasteiger partial charge on any atom is -0.497 e. The number of hydrogen-bond acceptors (Lipinski definition) is 3. The molecule has 0 unspecified atom stereocenters. The number of allylic oxidation sites excluding steroid dienone is 1. The monoisotopic (exact) mass is 206 g/mol. The van der Waals surface area contributed by atoms with Crippen molar-refractivity contribution < 1.29 is 14.6 Å². The van der Waals surface area contributed by atoms with E-state index >= 15 is 0 Å². The highest BCUT2D eigenvalue weighted by Crippen LogP contribution is 2.11. The van der Waals surface area contributed by atoms with Crippen molar-refractivity contribution in [3.63, 3.8) is 0 Å². The van der Waals surface area contributed by atoms with Gasteiger partial charge in [-0.1, -0.05) is 6.08 Å². The summed E-state index contributed by atoms with van der Waals surface area (Å²) >= 11 is 0. The molecule has 1 aromatic carbocycles. The fraction of sp³-hybridized carbons (Fsp3) is 0.250. The Kier molecular flexibility index (Phi) is 4.57. The molecule has 0 heterocycles. The number of ether oxygens (including phenoxy) is 1. The number of hydrogen-bond donors (Lipinski definition) is 1. The summed E-state index contributed by atoms with van der Waals surface area (Å²) in [5, 5.41) is 8.54. The number of aliphatic hydroxyl groups excluding tert-OH is 1. The molecule has 3 nitrogen and oxygen atoms in total. The van der Waals surface area contributed by atoms with Crippen molar-refractivity contribution in [2.75, 3.05) is 13.7 Å². The lowest BCUT2D eigenvalue weighted by atomic mass is 10.1. The number of carbonyl (C=O) groups is 1. The van der Waals surface area contributed by atoms with Gasteiger partial charge in [-0.25, -0.2) is 0 Å². The van der Waals surface area contributed by atoms with E-state index in [1.807, 2.05) is 0 Å². The Bertz CT molecular complexity index is 338. The standard InChI is InChI=1S/C12H14O3/c1-15-11-7-5-10(6-8-11)12(14)4-2-3-9-13/h2,4-8,13H,3,9H2,1H3/b4-2+. The summed E-state index contributed by atoms with van der Waals surface area (Å²) in [6.45, 7) is 0.0619. The predicted molar refractivity (Wildman–Crippen MR) is 58.2 cm³/mol. The molecule has 0 atom stereocenters. The summed E-state index contributed by atoms with van der Waals surface area (Å²) in [6, 6.07) is 6.91. The predicted octanol–water partition coefficient (Wildman–Crippen LogP) is 1.82. The average Bonchev–Trinajstić information content (AvgIpc) is 2.29. The largest absolute Gasteiger partial charge is 0.497 e. The molecule has 0 fully saturated rings. The minimum atomic E-state index is -0.0638. The maximum absolute atomic E-state index is 11.5. The third-order valence-corrected chi connectivity index (χ3v) is 1.94. The van der Waals surface area contributed by atoms with Crippen molar-refractivity contribution in [2.45, 2.75) is 6.42 Å². The van der Waals surface area contributed by atoms with Gasteiger partial charge in [-0.3, -0.25) is 4.79 Å². The quantitative estimate of drug-likeness (QED) is 0.590. The fourth-order valence-corrected chi connectivity index (χ4v) is 1.12. The van der Waals surface area contributed by atoms with E-state index in [9.17, 15) is 4.79 Å². The van der Waals surface area contributed by atoms with Crippen LogP contribution in [0.25, 0.3) is 0 Å². The Hall–Kier alpha value is -1.61. The summed E-state index contributed by atoms with van der Waals surface area (Å²) in [5.74, 6) is 0.664. The maximum Gasteiger partial charge on any atom is 0.185 e. The van der Waals surface area contributed by atoms with Crippen LogP contribution >= 0.6 is 0 Å². The second-order valence-electron chi connectivity index (χ2n) is 3.01. The normalized spacial score (nSPS) is 10.5. The van der Waals surface area contributed by atoms with Gasteiger partial charge >= 0.3 is 0 Å². The van der Waals surface area contributed by atoms with Crippen LogP contribution in [0.4, 0.5) is 0 Å². The Balaban J connectivity index is 2.66. The summed E-state index contributed by atoms with van der Waals surface area (Å²) in [7, 11) is 1.58. The van der Waals surface area contributed by atoms with Crippen LogP contribution in [-0.2, 0) is 0 Å². The van der Waals surface area contributed by atoms with Crippen molar-refractivity contribution in [1.29, 1.82) is 0 Å². The van der Waals surface area contributed by atoms with Gasteiger partial charge in [-0.15, -0.1) is 0 Å². The maximum atomic E-state index is 11.5. The van der Waals surface area contributed by atoms with Gasteiger partial charge in [0.25, 0.3) is 0 Å².